The molecule has 0 spiro atoms. The van der Waals surface area contributed by atoms with E-state index >= 15 is 0 Å². The Morgan fingerprint density at radius 3 is 2.54 bits per heavy atom. The van der Waals surface area contributed by atoms with Crippen LogP contribution >= 0.6 is 0 Å². The largest absolute Gasteiger partial charge is 0.466 e. The number of sulfonamides is 1. The topological polar surface area (TPSA) is 119 Å². The highest BCUT2D eigenvalue weighted by Gasteiger charge is 2.21. The predicted octanol–water partition coefficient (Wildman–Crippen LogP) is 3.74. The third-order valence-electron chi connectivity index (χ3n) is 5.61. The number of nitrogens with zero attached hydrogens (tertiary/aromatic N) is 3. The van der Waals surface area contributed by atoms with Crippen molar-refractivity contribution in [3.05, 3.63) is 71.3 Å². The van der Waals surface area contributed by atoms with Gasteiger partial charge in [0.15, 0.2) is 5.65 Å². The van der Waals surface area contributed by atoms with E-state index in [-0.39, 0.29) is 24.9 Å². The number of pyridine rings is 1. The SMILES string of the molecule is Cc1cc(-c2cc(C(=O)NCCS(=O)(=O)NCc3ccccc3)c3cnn(C(C)C)c3n2)c(C)o1. The Morgan fingerprint density at radius 2 is 1.89 bits per heavy atom. The molecule has 9 nitrogen and oxygen atoms in total. The number of nitrogens with one attached hydrogen (secondary N) is 2. The van der Waals surface area contributed by atoms with E-state index in [0.717, 1.165) is 16.9 Å². The van der Waals surface area contributed by atoms with Crippen molar-refractivity contribution >= 4 is 27.0 Å². The number of fused-ring (bicyclic) bond motifs is 1. The van der Waals surface area contributed by atoms with Crippen molar-refractivity contribution in [2.75, 3.05) is 12.3 Å². The summed E-state index contributed by atoms with van der Waals surface area (Å²) in [4.78, 5) is 17.9. The van der Waals surface area contributed by atoms with Gasteiger partial charge in [-0.15, -0.1) is 0 Å². The molecule has 0 aliphatic heterocycles. The maximum absolute atomic E-state index is 13.2. The van der Waals surface area contributed by atoms with Gasteiger partial charge in [0.1, 0.15) is 11.5 Å². The van der Waals surface area contributed by atoms with Crippen LogP contribution in [0.3, 0.4) is 0 Å². The summed E-state index contributed by atoms with van der Waals surface area (Å²) in [5, 5.41) is 7.75. The van der Waals surface area contributed by atoms with Crippen molar-refractivity contribution in [1.29, 1.82) is 0 Å². The molecule has 4 aromatic rings. The number of hydrogen-bond acceptors (Lipinski definition) is 6. The molecule has 3 heterocycles. The Hall–Kier alpha value is -3.50. The van der Waals surface area contributed by atoms with Gasteiger partial charge in [0, 0.05) is 24.7 Å². The number of rotatable bonds is 9. The number of carbonyl (C=O) groups is 1. The van der Waals surface area contributed by atoms with E-state index in [1.807, 2.05) is 64.1 Å². The smallest absolute Gasteiger partial charge is 0.252 e. The number of carbonyl (C=O) groups excluding carboxylic acids is 1. The summed E-state index contributed by atoms with van der Waals surface area (Å²) < 4.78 is 34.8. The van der Waals surface area contributed by atoms with Gasteiger partial charge in [-0.1, -0.05) is 30.3 Å². The lowest BCUT2D eigenvalue weighted by molar-refractivity contribution is 0.0957. The van der Waals surface area contributed by atoms with Crippen LogP contribution in [-0.4, -0.2) is 41.4 Å². The minimum absolute atomic E-state index is 0.0374. The number of furan rings is 1. The van der Waals surface area contributed by atoms with Crippen LogP contribution in [0.2, 0.25) is 0 Å². The molecule has 10 heteroatoms. The van der Waals surface area contributed by atoms with Gasteiger partial charge < -0.3 is 9.73 Å². The van der Waals surface area contributed by atoms with Gasteiger partial charge in [-0.3, -0.25) is 4.79 Å². The van der Waals surface area contributed by atoms with Crippen molar-refractivity contribution in [2.24, 2.45) is 0 Å². The Labute approximate surface area is 204 Å². The van der Waals surface area contributed by atoms with Crippen molar-refractivity contribution < 1.29 is 17.6 Å². The van der Waals surface area contributed by atoms with Crippen LogP contribution in [0, 0.1) is 13.8 Å². The molecule has 0 fully saturated rings. The molecule has 1 amide bonds. The van der Waals surface area contributed by atoms with Gasteiger partial charge >= 0.3 is 0 Å². The fourth-order valence-corrected chi connectivity index (χ4v) is 4.76. The van der Waals surface area contributed by atoms with Gasteiger partial charge in [-0.05, 0) is 45.4 Å². The zero-order valence-electron chi connectivity index (χ0n) is 20.2. The lowest BCUT2D eigenvalue weighted by Gasteiger charge is -2.11. The summed E-state index contributed by atoms with van der Waals surface area (Å²) in [6.07, 6.45) is 1.62. The standard InChI is InChI=1S/C25H29N5O4S/c1-16(2)30-24-22(15-27-30)21(13-23(29-24)20-12-17(3)34-18(20)4)25(31)26-10-11-35(32,33)28-14-19-8-6-5-7-9-19/h5-9,12-13,15-16,28H,10-11,14H2,1-4H3,(H,26,31). The van der Waals surface area contributed by atoms with Gasteiger partial charge in [0.25, 0.3) is 5.91 Å². The molecule has 0 unspecified atom stereocenters. The average Bonchev–Trinajstić information content (AvgIpc) is 3.40. The molecule has 0 saturated carbocycles. The van der Waals surface area contributed by atoms with Gasteiger partial charge in [0.2, 0.25) is 10.0 Å². The molecule has 0 aliphatic carbocycles. The van der Waals surface area contributed by atoms with E-state index in [9.17, 15) is 13.2 Å². The molecular weight excluding hydrogens is 466 g/mol. The summed E-state index contributed by atoms with van der Waals surface area (Å²) in [7, 11) is -3.57. The summed E-state index contributed by atoms with van der Waals surface area (Å²) in [5.41, 5.74) is 3.21. The third-order valence-corrected chi connectivity index (χ3v) is 6.94. The Kier molecular flexibility index (Phi) is 7.04. The van der Waals surface area contributed by atoms with E-state index in [4.69, 9.17) is 9.40 Å². The lowest BCUT2D eigenvalue weighted by Crippen LogP contribution is -2.34. The first-order valence-corrected chi connectivity index (χ1v) is 13.0. The second-order valence-electron chi connectivity index (χ2n) is 8.68. The molecule has 0 bridgehead atoms. The first kappa shape index (κ1) is 24.6. The van der Waals surface area contributed by atoms with E-state index < -0.39 is 15.9 Å². The summed E-state index contributed by atoms with van der Waals surface area (Å²) in [6.45, 7) is 7.84. The molecular formula is C25H29N5O4S. The van der Waals surface area contributed by atoms with E-state index in [1.165, 1.54) is 0 Å². The third kappa shape index (κ3) is 5.60. The van der Waals surface area contributed by atoms with E-state index in [1.54, 1.807) is 16.9 Å². The van der Waals surface area contributed by atoms with Crippen molar-refractivity contribution in [3.63, 3.8) is 0 Å². The van der Waals surface area contributed by atoms with E-state index in [0.29, 0.717) is 28.1 Å². The molecule has 184 valence electrons. The second-order valence-corrected chi connectivity index (χ2v) is 10.6. The highest BCUT2D eigenvalue weighted by molar-refractivity contribution is 7.89. The zero-order valence-corrected chi connectivity index (χ0v) is 21.0. The first-order chi connectivity index (χ1) is 16.6. The average molecular weight is 496 g/mol. The molecule has 0 atom stereocenters. The number of aryl methyl sites for hydroxylation is 2. The predicted molar refractivity (Wildman–Crippen MR) is 134 cm³/mol. The number of hydrogen-bond donors (Lipinski definition) is 2. The van der Waals surface area contributed by atoms with Gasteiger partial charge in [-0.25, -0.2) is 22.8 Å². The van der Waals surface area contributed by atoms with Crippen molar-refractivity contribution in [3.8, 4) is 11.3 Å². The number of amides is 1. The molecule has 4 rings (SSSR count). The van der Waals surface area contributed by atoms with Crippen LogP contribution in [0.5, 0.6) is 0 Å². The normalized spacial score (nSPS) is 11.9. The molecule has 2 N–H and O–H groups in total. The monoisotopic (exact) mass is 495 g/mol. The van der Waals surface area contributed by atoms with Gasteiger partial charge in [0.05, 0.1) is 28.6 Å². The highest BCUT2D eigenvalue weighted by atomic mass is 32.2. The molecule has 35 heavy (non-hydrogen) atoms. The van der Waals surface area contributed by atoms with Crippen LogP contribution in [0.15, 0.2) is 53.1 Å². The molecule has 0 aliphatic rings. The second kappa shape index (κ2) is 10.0. The lowest BCUT2D eigenvalue weighted by atomic mass is 10.1. The zero-order chi connectivity index (χ0) is 25.2. The minimum atomic E-state index is -3.57. The number of benzene rings is 1. The maximum Gasteiger partial charge on any atom is 0.252 e. The van der Waals surface area contributed by atoms with Crippen LogP contribution in [0.1, 0.15) is 47.3 Å². The van der Waals surface area contributed by atoms with E-state index in [2.05, 4.69) is 15.1 Å². The molecule has 0 saturated heterocycles. The Morgan fingerprint density at radius 1 is 1.14 bits per heavy atom. The van der Waals surface area contributed by atoms with Crippen molar-refractivity contribution in [2.45, 2.75) is 40.3 Å². The van der Waals surface area contributed by atoms with Crippen LogP contribution in [0.25, 0.3) is 22.3 Å². The van der Waals surface area contributed by atoms with Crippen LogP contribution in [0.4, 0.5) is 0 Å². The van der Waals surface area contributed by atoms with Crippen molar-refractivity contribution in [1.82, 2.24) is 24.8 Å². The minimum Gasteiger partial charge on any atom is -0.466 e. The quantitative estimate of drug-likeness (QED) is 0.365. The molecule has 3 aromatic heterocycles. The first-order valence-electron chi connectivity index (χ1n) is 11.4. The van der Waals surface area contributed by atoms with Crippen LogP contribution < -0.4 is 10.0 Å². The highest BCUT2D eigenvalue weighted by Crippen LogP contribution is 2.30. The maximum atomic E-state index is 13.2. The number of aromatic nitrogens is 3. The fourth-order valence-electron chi connectivity index (χ4n) is 3.86. The summed E-state index contributed by atoms with van der Waals surface area (Å²) >= 11 is 0. The summed E-state index contributed by atoms with van der Waals surface area (Å²) in [6, 6.07) is 12.9. The van der Waals surface area contributed by atoms with Gasteiger partial charge in [-0.2, -0.15) is 5.10 Å². The Balaban J connectivity index is 1.54. The van der Waals surface area contributed by atoms with Crippen LogP contribution in [-0.2, 0) is 16.6 Å². The molecule has 1 aromatic carbocycles. The summed E-state index contributed by atoms with van der Waals surface area (Å²) in [5.74, 6) is 0.818. The fraction of sp³-hybridized carbons (Fsp3) is 0.320. The Bertz CT molecular complexity index is 1460. The molecule has 0 radical (unpaired) electrons.